The van der Waals surface area contributed by atoms with Gasteiger partial charge in [-0.05, 0) is 36.9 Å². The van der Waals surface area contributed by atoms with Crippen molar-refractivity contribution in [3.63, 3.8) is 0 Å². The Morgan fingerprint density at radius 3 is 2.21 bits per heavy atom. The van der Waals surface area contributed by atoms with Crippen LogP contribution in [0.25, 0.3) is 0 Å². The molecule has 0 radical (unpaired) electrons. The van der Waals surface area contributed by atoms with E-state index in [0.717, 1.165) is 0 Å². The molecule has 1 fully saturated rings. The third kappa shape index (κ3) is 3.07. The first kappa shape index (κ1) is 12.2. The summed E-state index contributed by atoms with van der Waals surface area (Å²) >= 11 is 0. The average Bonchev–Trinajstić information content (AvgIpc) is 2.80. The maximum Gasteiger partial charge on any atom is 0.192 e. The highest BCUT2D eigenvalue weighted by molar-refractivity contribution is 6.74. The highest BCUT2D eigenvalue weighted by Crippen LogP contribution is 2.38. The molecule has 0 amide bonds. The molecule has 0 aromatic heterocycles. The van der Waals surface area contributed by atoms with Crippen LogP contribution >= 0.6 is 0 Å². The second kappa shape index (κ2) is 3.95. The van der Waals surface area contributed by atoms with Crippen LogP contribution in [-0.4, -0.2) is 26.1 Å². The van der Waals surface area contributed by atoms with Crippen LogP contribution in [0.5, 0.6) is 0 Å². The fraction of sp³-hybridized carbons (Fsp3) is 1.00. The molecule has 1 atom stereocenters. The summed E-state index contributed by atoms with van der Waals surface area (Å²) in [5.41, 5.74) is 0. The zero-order valence-electron chi connectivity index (χ0n) is 10.1. The second-order valence-electron chi connectivity index (χ2n) is 5.98. The van der Waals surface area contributed by atoms with Crippen molar-refractivity contribution in [1.82, 2.24) is 0 Å². The van der Waals surface area contributed by atoms with E-state index < -0.39 is 8.32 Å². The molecule has 1 aliphatic carbocycles. The van der Waals surface area contributed by atoms with Crippen LogP contribution < -0.4 is 0 Å². The summed E-state index contributed by atoms with van der Waals surface area (Å²) in [5.74, 6) is 0.528. The lowest BCUT2D eigenvalue weighted by Crippen LogP contribution is -2.42. The van der Waals surface area contributed by atoms with Crippen LogP contribution in [0.1, 0.15) is 33.6 Å². The first-order valence-corrected chi connectivity index (χ1v) is 8.47. The Balaban J connectivity index is 2.35. The minimum Gasteiger partial charge on any atom is -0.414 e. The monoisotopic (exact) mass is 216 g/mol. The van der Waals surface area contributed by atoms with Crippen LogP contribution in [-0.2, 0) is 4.43 Å². The topological polar surface area (TPSA) is 29.5 Å². The normalized spacial score (nSPS) is 21.0. The molecule has 1 N–H and O–H groups in total. The molecule has 0 aliphatic heterocycles. The van der Waals surface area contributed by atoms with Crippen LogP contribution in [0.3, 0.4) is 0 Å². The summed E-state index contributed by atoms with van der Waals surface area (Å²) in [6, 6.07) is 0. The summed E-state index contributed by atoms with van der Waals surface area (Å²) in [5, 5.41) is 9.96. The van der Waals surface area contributed by atoms with Gasteiger partial charge in [-0.3, -0.25) is 0 Å². The molecule has 0 aromatic rings. The minimum atomic E-state index is -1.65. The molecular formula is C11H24O2Si. The van der Waals surface area contributed by atoms with Crippen molar-refractivity contribution in [3.05, 3.63) is 0 Å². The second-order valence-corrected chi connectivity index (χ2v) is 10.8. The van der Waals surface area contributed by atoms with Crippen molar-refractivity contribution in [3.8, 4) is 0 Å². The molecule has 0 spiro atoms. The fourth-order valence-corrected chi connectivity index (χ4v) is 2.15. The average molecular weight is 216 g/mol. The Bertz CT molecular complexity index is 192. The summed E-state index contributed by atoms with van der Waals surface area (Å²) in [6.45, 7) is 11.7. The first-order chi connectivity index (χ1) is 6.24. The highest BCUT2D eigenvalue weighted by Gasteiger charge is 2.39. The Hall–Kier alpha value is 0.137. The van der Waals surface area contributed by atoms with Crippen LogP contribution in [0.4, 0.5) is 0 Å². The van der Waals surface area contributed by atoms with Crippen molar-refractivity contribution in [2.45, 2.75) is 57.8 Å². The Kier molecular flexibility index (Phi) is 3.44. The largest absolute Gasteiger partial charge is 0.414 e. The van der Waals surface area contributed by atoms with Gasteiger partial charge in [-0.15, -0.1) is 0 Å². The molecule has 0 saturated heterocycles. The summed E-state index contributed by atoms with van der Waals surface area (Å²) in [6.07, 6.45) is 2.15. The molecule has 84 valence electrons. The van der Waals surface area contributed by atoms with Gasteiger partial charge in [-0.2, -0.15) is 0 Å². The van der Waals surface area contributed by atoms with Crippen molar-refractivity contribution >= 4 is 8.32 Å². The van der Waals surface area contributed by atoms with Crippen molar-refractivity contribution in [1.29, 1.82) is 0 Å². The molecule has 1 rings (SSSR count). The lowest BCUT2D eigenvalue weighted by Gasteiger charge is -2.36. The number of rotatable bonds is 4. The van der Waals surface area contributed by atoms with E-state index in [2.05, 4.69) is 33.9 Å². The molecular weight excluding hydrogens is 192 g/mol. The van der Waals surface area contributed by atoms with Gasteiger partial charge in [0.1, 0.15) is 0 Å². The van der Waals surface area contributed by atoms with E-state index in [1.54, 1.807) is 0 Å². The van der Waals surface area contributed by atoms with Gasteiger partial charge in [0.2, 0.25) is 0 Å². The van der Waals surface area contributed by atoms with Gasteiger partial charge in [0.25, 0.3) is 0 Å². The van der Waals surface area contributed by atoms with Gasteiger partial charge in [-0.1, -0.05) is 20.8 Å². The van der Waals surface area contributed by atoms with Crippen molar-refractivity contribution in [2.24, 2.45) is 5.92 Å². The number of hydrogen-bond donors (Lipinski definition) is 1. The molecule has 14 heavy (non-hydrogen) atoms. The summed E-state index contributed by atoms with van der Waals surface area (Å²) < 4.78 is 5.95. The van der Waals surface area contributed by atoms with Crippen LogP contribution in [0.2, 0.25) is 18.1 Å². The van der Waals surface area contributed by atoms with E-state index >= 15 is 0 Å². The van der Waals surface area contributed by atoms with Gasteiger partial charge >= 0.3 is 0 Å². The Morgan fingerprint density at radius 2 is 1.86 bits per heavy atom. The summed E-state index contributed by atoms with van der Waals surface area (Å²) in [7, 11) is -1.65. The molecule has 0 aromatic carbocycles. The molecule has 2 nitrogen and oxygen atoms in total. The van der Waals surface area contributed by atoms with E-state index in [9.17, 15) is 5.11 Å². The van der Waals surface area contributed by atoms with Gasteiger partial charge in [-0.25, -0.2) is 0 Å². The van der Waals surface area contributed by atoms with Crippen molar-refractivity contribution in [2.75, 3.05) is 6.61 Å². The third-order valence-corrected chi connectivity index (χ3v) is 8.09. The summed E-state index contributed by atoms with van der Waals surface area (Å²) in [4.78, 5) is 0. The molecule has 0 bridgehead atoms. The van der Waals surface area contributed by atoms with Gasteiger partial charge in [0, 0.05) is 0 Å². The lowest BCUT2D eigenvalue weighted by atomic mass is 10.2. The number of hydrogen-bond acceptors (Lipinski definition) is 2. The maximum atomic E-state index is 9.72. The van der Waals surface area contributed by atoms with Gasteiger partial charge in [0.05, 0.1) is 12.7 Å². The van der Waals surface area contributed by atoms with E-state index in [1.807, 2.05) is 0 Å². The molecule has 3 heteroatoms. The first-order valence-electron chi connectivity index (χ1n) is 5.56. The predicted octanol–water partition coefficient (Wildman–Crippen LogP) is 2.78. The van der Waals surface area contributed by atoms with E-state index in [-0.39, 0.29) is 11.1 Å². The van der Waals surface area contributed by atoms with Crippen LogP contribution in [0, 0.1) is 5.92 Å². The highest BCUT2D eigenvalue weighted by atomic mass is 28.4. The quantitative estimate of drug-likeness (QED) is 0.732. The molecule has 0 heterocycles. The minimum absolute atomic E-state index is 0.218. The van der Waals surface area contributed by atoms with E-state index in [4.69, 9.17) is 4.43 Å². The third-order valence-electron chi connectivity index (χ3n) is 3.59. The number of aliphatic hydroxyl groups excluding tert-OH is 1. The lowest BCUT2D eigenvalue weighted by molar-refractivity contribution is 0.0827. The number of aliphatic hydroxyl groups is 1. The predicted molar refractivity (Wildman–Crippen MR) is 61.9 cm³/mol. The van der Waals surface area contributed by atoms with E-state index in [1.165, 1.54) is 12.8 Å². The zero-order chi connectivity index (χ0) is 11.0. The van der Waals surface area contributed by atoms with E-state index in [0.29, 0.717) is 12.5 Å². The van der Waals surface area contributed by atoms with Crippen molar-refractivity contribution < 1.29 is 9.53 Å². The Morgan fingerprint density at radius 1 is 1.36 bits per heavy atom. The standard InChI is InChI=1S/C11H24O2Si/c1-11(2,3)14(4,5)13-8-10(12)9-6-7-9/h9-10,12H,6-8H2,1-5H3. The smallest absolute Gasteiger partial charge is 0.192 e. The Labute approximate surface area is 88.8 Å². The fourth-order valence-electron chi connectivity index (χ4n) is 1.13. The van der Waals surface area contributed by atoms with Gasteiger partial charge in [0.15, 0.2) is 8.32 Å². The molecule has 1 aliphatic rings. The SMILES string of the molecule is CC(C)(C)[Si](C)(C)OCC(O)C1CC1. The van der Waals surface area contributed by atoms with Gasteiger partial charge < -0.3 is 9.53 Å². The molecule has 1 unspecified atom stereocenters. The maximum absolute atomic E-state index is 9.72. The zero-order valence-corrected chi connectivity index (χ0v) is 11.1. The molecule has 1 saturated carbocycles. The van der Waals surface area contributed by atoms with Crippen LogP contribution in [0.15, 0.2) is 0 Å².